The number of aromatic nitrogens is 7. The molecule has 0 radical (unpaired) electrons. The van der Waals surface area contributed by atoms with E-state index in [4.69, 9.17) is 4.98 Å². The molecule has 7 heterocycles. The predicted molar refractivity (Wildman–Crippen MR) is 142 cm³/mol. The van der Waals surface area contributed by atoms with Crippen molar-refractivity contribution in [1.29, 1.82) is 0 Å². The summed E-state index contributed by atoms with van der Waals surface area (Å²) in [5, 5.41) is 11.7. The molecule has 0 aromatic carbocycles. The highest BCUT2D eigenvalue weighted by Crippen LogP contribution is 2.34. The summed E-state index contributed by atoms with van der Waals surface area (Å²) in [6.07, 6.45) is 10.6. The van der Waals surface area contributed by atoms with Crippen LogP contribution in [0, 0.1) is 5.82 Å². The number of hydrogen-bond donors (Lipinski definition) is 2. The van der Waals surface area contributed by atoms with E-state index in [1.807, 2.05) is 35.2 Å². The monoisotopic (exact) mass is 510 g/mol. The summed E-state index contributed by atoms with van der Waals surface area (Å²) in [5.74, 6) is 0.0218. The molecule has 10 heteroatoms. The van der Waals surface area contributed by atoms with E-state index in [0.29, 0.717) is 28.0 Å². The second-order valence-corrected chi connectivity index (χ2v) is 10.1. The molecule has 7 rings (SSSR count). The minimum atomic E-state index is -0.449. The highest BCUT2D eigenvalue weighted by atomic mass is 32.1. The summed E-state index contributed by atoms with van der Waals surface area (Å²) < 4.78 is 16.1. The third-order valence-corrected chi connectivity index (χ3v) is 7.57. The summed E-state index contributed by atoms with van der Waals surface area (Å²) >= 11 is 1.60. The Morgan fingerprint density at radius 2 is 1.86 bits per heavy atom. The number of aromatic amines is 2. The molecule has 6 aromatic heterocycles. The summed E-state index contributed by atoms with van der Waals surface area (Å²) in [6, 6.07) is 5.85. The Bertz CT molecular complexity index is 1720. The summed E-state index contributed by atoms with van der Waals surface area (Å²) in [6.45, 7) is 2.98. The van der Waals surface area contributed by atoms with Gasteiger partial charge in [0.15, 0.2) is 11.6 Å². The Hall–Kier alpha value is -4.02. The van der Waals surface area contributed by atoms with Crippen LogP contribution in [0.1, 0.15) is 24.8 Å². The standard InChI is InChI=1S/C27H23FN8S/c28-22-21-20(13-31-23(22)18-10-16(11-29-12-18)14-36-7-2-1-3-8-36)34-35-26(21)27-32-19-4-6-30-24(25(19)33-27)17-5-9-37-15-17/h4-6,9-13,15H,1-3,7-8,14H2,(H,32,33)(H,34,35). The van der Waals surface area contributed by atoms with Gasteiger partial charge in [0, 0.05) is 41.6 Å². The van der Waals surface area contributed by atoms with E-state index in [1.54, 1.807) is 29.9 Å². The van der Waals surface area contributed by atoms with Crippen LogP contribution >= 0.6 is 11.3 Å². The number of thiophene rings is 1. The van der Waals surface area contributed by atoms with Gasteiger partial charge in [0.05, 0.1) is 28.3 Å². The third-order valence-electron chi connectivity index (χ3n) is 6.89. The number of imidazole rings is 1. The van der Waals surface area contributed by atoms with Gasteiger partial charge >= 0.3 is 0 Å². The molecule has 0 spiro atoms. The van der Waals surface area contributed by atoms with Gasteiger partial charge in [-0.1, -0.05) is 6.42 Å². The van der Waals surface area contributed by atoms with Gasteiger partial charge in [-0.15, -0.1) is 0 Å². The highest BCUT2D eigenvalue weighted by Gasteiger charge is 2.22. The number of rotatable bonds is 5. The lowest BCUT2D eigenvalue weighted by atomic mass is 10.1. The van der Waals surface area contributed by atoms with Gasteiger partial charge in [0.25, 0.3) is 0 Å². The van der Waals surface area contributed by atoms with E-state index in [-0.39, 0.29) is 5.69 Å². The number of pyridine rings is 3. The van der Waals surface area contributed by atoms with Crippen LogP contribution in [0.15, 0.2) is 53.7 Å². The molecule has 184 valence electrons. The van der Waals surface area contributed by atoms with Gasteiger partial charge in [-0.25, -0.2) is 9.37 Å². The van der Waals surface area contributed by atoms with Crippen LogP contribution in [0.2, 0.25) is 0 Å². The quantitative estimate of drug-likeness (QED) is 0.304. The summed E-state index contributed by atoms with van der Waals surface area (Å²) in [7, 11) is 0. The molecule has 1 saturated heterocycles. The minimum absolute atomic E-state index is 0.250. The van der Waals surface area contributed by atoms with Crippen LogP contribution in [0.3, 0.4) is 0 Å². The second kappa shape index (κ2) is 9.13. The maximum atomic E-state index is 16.1. The zero-order chi connectivity index (χ0) is 24.8. The van der Waals surface area contributed by atoms with Gasteiger partial charge < -0.3 is 4.98 Å². The number of halogens is 1. The number of nitrogens with one attached hydrogen (secondary N) is 2. The molecule has 0 amide bonds. The molecule has 2 N–H and O–H groups in total. The van der Waals surface area contributed by atoms with Gasteiger partial charge in [0.1, 0.15) is 16.9 Å². The SMILES string of the molecule is Fc1c(-c2cncc(CN3CCCCC3)c2)ncc2[nH]nc(-c3nc4c(-c5ccsc5)nccc4[nH]3)c12. The molecule has 1 fully saturated rings. The largest absolute Gasteiger partial charge is 0.336 e. The van der Waals surface area contributed by atoms with Crippen molar-refractivity contribution in [3.8, 4) is 34.0 Å². The zero-order valence-electron chi connectivity index (χ0n) is 19.9. The maximum Gasteiger partial charge on any atom is 0.161 e. The first-order chi connectivity index (χ1) is 18.2. The van der Waals surface area contributed by atoms with Crippen molar-refractivity contribution in [2.75, 3.05) is 13.1 Å². The number of hydrogen-bond acceptors (Lipinski definition) is 7. The van der Waals surface area contributed by atoms with Crippen LogP contribution in [0.5, 0.6) is 0 Å². The van der Waals surface area contributed by atoms with E-state index in [0.717, 1.165) is 47.5 Å². The van der Waals surface area contributed by atoms with Crippen molar-refractivity contribution in [3.05, 3.63) is 65.1 Å². The smallest absolute Gasteiger partial charge is 0.161 e. The normalized spacial score (nSPS) is 14.6. The van der Waals surface area contributed by atoms with Crippen molar-refractivity contribution in [3.63, 3.8) is 0 Å². The van der Waals surface area contributed by atoms with Crippen molar-refractivity contribution < 1.29 is 4.39 Å². The van der Waals surface area contributed by atoms with Crippen molar-refractivity contribution >= 4 is 33.3 Å². The lowest BCUT2D eigenvalue weighted by Crippen LogP contribution is -2.29. The zero-order valence-corrected chi connectivity index (χ0v) is 20.7. The van der Waals surface area contributed by atoms with E-state index in [2.05, 4.69) is 35.0 Å². The van der Waals surface area contributed by atoms with Crippen LogP contribution in [-0.2, 0) is 6.54 Å². The molecular weight excluding hydrogens is 487 g/mol. The fraction of sp³-hybridized carbons (Fsp3) is 0.222. The van der Waals surface area contributed by atoms with Gasteiger partial charge in [0.2, 0.25) is 0 Å². The van der Waals surface area contributed by atoms with Crippen LogP contribution in [0.4, 0.5) is 4.39 Å². The number of nitrogens with zero attached hydrogens (tertiary/aromatic N) is 6. The minimum Gasteiger partial charge on any atom is -0.336 e. The van der Waals surface area contributed by atoms with Crippen molar-refractivity contribution in [2.24, 2.45) is 0 Å². The van der Waals surface area contributed by atoms with E-state index >= 15 is 4.39 Å². The second-order valence-electron chi connectivity index (χ2n) is 9.35. The lowest BCUT2D eigenvalue weighted by Gasteiger charge is -2.26. The molecule has 0 unspecified atom stereocenters. The molecule has 8 nitrogen and oxygen atoms in total. The average molecular weight is 511 g/mol. The Morgan fingerprint density at radius 1 is 0.946 bits per heavy atom. The van der Waals surface area contributed by atoms with E-state index in [9.17, 15) is 0 Å². The molecule has 0 bridgehead atoms. The first-order valence-electron chi connectivity index (χ1n) is 12.3. The van der Waals surface area contributed by atoms with Crippen LogP contribution in [0.25, 0.3) is 56.0 Å². The summed E-state index contributed by atoms with van der Waals surface area (Å²) in [5.41, 5.74) is 6.17. The van der Waals surface area contributed by atoms with Gasteiger partial charge in [-0.05, 0) is 55.1 Å². The Balaban J connectivity index is 1.30. The Labute approximate surface area is 215 Å². The molecule has 6 aromatic rings. The predicted octanol–water partition coefficient (Wildman–Crippen LogP) is 5.81. The molecule has 0 saturated carbocycles. The Kier molecular flexibility index (Phi) is 5.48. The Morgan fingerprint density at radius 3 is 2.73 bits per heavy atom. The summed E-state index contributed by atoms with van der Waals surface area (Å²) in [4.78, 5) is 23.9. The van der Waals surface area contributed by atoms with Gasteiger partial charge in [-0.2, -0.15) is 16.4 Å². The molecule has 0 atom stereocenters. The first kappa shape index (κ1) is 22.2. The molecule has 37 heavy (non-hydrogen) atoms. The molecular formula is C27H23FN8S. The highest BCUT2D eigenvalue weighted by molar-refractivity contribution is 7.08. The topological polar surface area (TPSA) is 99.3 Å². The number of likely N-dealkylation sites (tertiary alicyclic amines) is 1. The molecule has 0 aliphatic carbocycles. The lowest BCUT2D eigenvalue weighted by molar-refractivity contribution is 0.220. The van der Waals surface area contributed by atoms with Crippen molar-refractivity contribution in [1.82, 2.24) is 40.0 Å². The fourth-order valence-electron chi connectivity index (χ4n) is 5.09. The van der Waals surface area contributed by atoms with Crippen molar-refractivity contribution in [2.45, 2.75) is 25.8 Å². The maximum absolute atomic E-state index is 16.1. The number of piperidine rings is 1. The molecule has 1 aliphatic heterocycles. The molecule has 1 aliphatic rings. The first-order valence-corrected chi connectivity index (χ1v) is 13.3. The van der Waals surface area contributed by atoms with Gasteiger partial charge in [-0.3, -0.25) is 25.0 Å². The van der Waals surface area contributed by atoms with E-state index < -0.39 is 5.82 Å². The number of fused-ring (bicyclic) bond motifs is 2. The average Bonchev–Trinajstić information content (AvgIpc) is 3.69. The van der Waals surface area contributed by atoms with Crippen LogP contribution < -0.4 is 0 Å². The fourth-order valence-corrected chi connectivity index (χ4v) is 5.73. The van der Waals surface area contributed by atoms with E-state index in [1.165, 1.54) is 19.3 Å². The van der Waals surface area contributed by atoms with Crippen LogP contribution in [-0.4, -0.2) is 53.1 Å². The number of H-pyrrole nitrogens is 2. The third kappa shape index (κ3) is 3.98.